The average Bonchev–Trinajstić information content (AvgIpc) is 2.76. The predicted octanol–water partition coefficient (Wildman–Crippen LogP) is 2.89. The SMILES string of the molecule is O=C(Nc1ccc(Cl)cn1)c1cccc(OC(=O)C(F)(F)F)c1NC(=O)N1CCNCC1. The molecule has 3 N–H and O–H groups in total. The third-order valence-electron chi connectivity index (χ3n) is 4.31. The number of urea groups is 1. The zero-order valence-electron chi connectivity index (χ0n) is 16.3. The molecule has 13 heteroatoms. The number of para-hydroxylation sites is 1. The third-order valence-corrected chi connectivity index (χ3v) is 4.53. The number of amides is 3. The van der Waals surface area contributed by atoms with Gasteiger partial charge < -0.3 is 25.6 Å². The van der Waals surface area contributed by atoms with Gasteiger partial charge in [0, 0.05) is 32.4 Å². The Balaban J connectivity index is 1.92. The van der Waals surface area contributed by atoms with Crippen LogP contribution < -0.4 is 20.7 Å². The van der Waals surface area contributed by atoms with Gasteiger partial charge in [0.15, 0.2) is 5.75 Å². The van der Waals surface area contributed by atoms with E-state index in [0.29, 0.717) is 31.2 Å². The van der Waals surface area contributed by atoms with E-state index in [2.05, 4.69) is 25.7 Å². The lowest BCUT2D eigenvalue weighted by Gasteiger charge is -2.28. The van der Waals surface area contributed by atoms with Gasteiger partial charge in [-0.15, -0.1) is 0 Å². The van der Waals surface area contributed by atoms with Crippen molar-refractivity contribution >= 4 is 41.0 Å². The van der Waals surface area contributed by atoms with E-state index in [1.807, 2.05) is 0 Å². The molecule has 0 radical (unpaired) electrons. The molecule has 0 spiro atoms. The largest absolute Gasteiger partial charge is 0.491 e. The Morgan fingerprint density at radius 3 is 2.44 bits per heavy atom. The van der Waals surface area contributed by atoms with Crippen LogP contribution in [0.5, 0.6) is 5.75 Å². The smallest absolute Gasteiger partial charge is 0.418 e. The molecule has 1 fully saturated rings. The molecule has 3 rings (SSSR count). The number of rotatable bonds is 4. The summed E-state index contributed by atoms with van der Waals surface area (Å²) in [6.07, 6.45) is -3.99. The molecule has 1 aliphatic rings. The number of hydrogen-bond acceptors (Lipinski definition) is 6. The summed E-state index contributed by atoms with van der Waals surface area (Å²) in [5, 5.41) is 8.22. The molecular weight excluding hydrogens is 455 g/mol. The Morgan fingerprint density at radius 2 is 1.81 bits per heavy atom. The number of ether oxygens (including phenoxy) is 1. The molecule has 0 saturated carbocycles. The van der Waals surface area contributed by atoms with Crippen molar-refractivity contribution in [2.24, 2.45) is 0 Å². The highest BCUT2D eigenvalue weighted by Crippen LogP contribution is 2.32. The van der Waals surface area contributed by atoms with Crippen LogP contribution >= 0.6 is 11.6 Å². The summed E-state index contributed by atoms with van der Waals surface area (Å²) in [4.78, 5) is 42.1. The van der Waals surface area contributed by atoms with E-state index in [4.69, 9.17) is 11.6 Å². The fourth-order valence-corrected chi connectivity index (χ4v) is 2.89. The minimum Gasteiger partial charge on any atom is -0.418 e. The number of nitrogens with zero attached hydrogens (tertiary/aromatic N) is 2. The fraction of sp³-hybridized carbons (Fsp3) is 0.263. The van der Waals surface area contributed by atoms with Crippen LogP contribution in [0, 0.1) is 0 Å². The molecule has 1 aromatic heterocycles. The van der Waals surface area contributed by atoms with Crippen LogP contribution in [0.25, 0.3) is 0 Å². The molecule has 1 aromatic carbocycles. The number of nitrogens with one attached hydrogen (secondary N) is 3. The molecule has 0 unspecified atom stereocenters. The minimum atomic E-state index is -5.27. The van der Waals surface area contributed by atoms with Crippen molar-refractivity contribution in [3.63, 3.8) is 0 Å². The Bertz CT molecular complexity index is 1010. The van der Waals surface area contributed by atoms with Crippen LogP contribution in [0.3, 0.4) is 0 Å². The number of esters is 1. The minimum absolute atomic E-state index is 0.108. The first kappa shape index (κ1) is 23.3. The number of carbonyl (C=O) groups excluding carboxylic acids is 3. The zero-order valence-corrected chi connectivity index (χ0v) is 17.1. The monoisotopic (exact) mass is 471 g/mol. The number of carbonyl (C=O) groups is 3. The molecular formula is C19H17ClF3N5O4. The molecule has 1 aliphatic heterocycles. The summed E-state index contributed by atoms with van der Waals surface area (Å²) in [6.45, 7) is 1.72. The van der Waals surface area contributed by atoms with Crippen LogP contribution in [0.1, 0.15) is 10.4 Å². The standard InChI is InChI=1S/C19H17ClF3N5O4/c20-11-4-5-14(25-10-11)26-16(29)12-2-1-3-13(32-17(30)19(21,22)23)15(12)27-18(31)28-8-6-24-7-9-28/h1-5,10,24H,6-9H2,(H,27,31)(H,25,26,29). The summed E-state index contributed by atoms with van der Waals surface area (Å²) in [5.74, 6) is -3.82. The molecule has 0 atom stereocenters. The van der Waals surface area contributed by atoms with Crippen molar-refractivity contribution < 1.29 is 32.3 Å². The van der Waals surface area contributed by atoms with Gasteiger partial charge in [0.05, 0.1) is 16.3 Å². The second-order valence-corrected chi connectivity index (χ2v) is 6.99. The molecule has 3 amide bonds. The normalized spacial score (nSPS) is 13.9. The van der Waals surface area contributed by atoms with Crippen LogP contribution in [0.15, 0.2) is 36.5 Å². The number of benzene rings is 1. The predicted molar refractivity (Wildman–Crippen MR) is 109 cm³/mol. The third kappa shape index (κ3) is 5.86. The summed E-state index contributed by atoms with van der Waals surface area (Å²) >= 11 is 5.76. The van der Waals surface area contributed by atoms with Gasteiger partial charge in [-0.3, -0.25) is 4.79 Å². The van der Waals surface area contributed by atoms with E-state index in [1.54, 1.807) is 0 Å². The summed E-state index contributed by atoms with van der Waals surface area (Å²) in [5.41, 5.74) is -0.627. The van der Waals surface area contributed by atoms with E-state index in [-0.39, 0.29) is 17.1 Å². The van der Waals surface area contributed by atoms with Crippen molar-refractivity contribution in [3.05, 3.63) is 47.1 Å². The Labute approximate surface area is 184 Å². The molecule has 9 nitrogen and oxygen atoms in total. The van der Waals surface area contributed by atoms with Crippen molar-refractivity contribution in [1.82, 2.24) is 15.2 Å². The van der Waals surface area contributed by atoms with E-state index in [9.17, 15) is 27.6 Å². The Kier molecular flexibility index (Phi) is 7.15. The van der Waals surface area contributed by atoms with Crippen LogP contribution in [0.4, 0.5) is 29.5 Å². The number of alkyl halides is 3. The highest BCUT2D eigenvalue weighted by molar-refractivity contribution is 6.30. The number of aromatic nitrogens is 1. The van der Waals surface area contributed by atoms with Gasteiger partial charge in [0.25, 0.3) is 5.91 Å². The highest BCUT2D eigenvalue weighted by Gasteiger charge is 2.42. The van der Waals surface area contributed by atoms with E-state index in [0.717, 1.165) is 6.07 Å². The van der Waals surface area contributed by atoms with Gasteiger partial charge >= 0.3 is 18.2 Å². The first-order chi connectivity index (χ1) is 15.1. The molecule has 170 valence electrons. The molecule has 2 heterocycles. The first-order valence-corrected chi connectivity index (χ1v) is 9.64. The van der Waals surface area contributed by atoms with Crippen LogP contribution in [0.2, 0.25) is 5.02 Å². The van der Waals surface area contributed by atoms with E-state index in [1.165, 1.54) is 35.4 Å². The van der Waals surface area contributed by atoms with Crippen LogP contribution in [-0.4, -0.2) is 60.1 Å². The van der Waals surface area contributed by atoms with Gasteiger partial charge in [-0.05, 0) is 24.3 Å². The number of pyridine rings is 1. The second-order valence-electron chi connectivity index (χ2n) is 6.55. The van der Waals surface area contributed by atoms with Gasteiger partial charge in [0.2, 0.25) is 0 Å². The first-order valence-electron chi connectivity index (χ1n) is 9.26. The number of halogens is 4. The molecule has 1 saturated heterocycles. The van der Waals surface area contributed by atoms with Crippen molar-refractivity contribution in [3.8, 4) is 5.75 Å². The maximum atomic E-state index is 12.8. The van der Waals surface area contributed by atoms with Crippen LogP contribution in [-0.2, 0) is 4.79 Å². The van der Waals surface area contributed by atoms with Crippen molar-refractivity contribution in [2.75, 3.05) is 36.8 Å². The summed E-state index contributed by atoms with van der Waals surface area (Å²) < 4.78 is 42.6. The summed E-state index contributed by atoms with van der Waals surface area (Å²) in [7, 11) is 0. The van der Waals surface area contributed by atoms with Crippen molar-refractivity contribution in [2.45, 2.75) is 6.18 Å². The molecule has 0 bridgehead atoms. The lowest BCUT2D eigenvalue weighted by Crippen LogP contribution is -2.48. The lowest BCUT2D eigenvalue weighted by atomic mass is 10.1. The van der Waals surface area contributed by atoms with E-state index >= 15 is 0 Å². The van der Waals surface area contributed by atoms with Gasteiger partial charge in [-0.25, -0.2) is 14.6 Å². The highest BCUT2D eigenvalue weighted by atomic mass is 35.5. The maximum absolute atomic E-state index is 12.8. The quantitative estimate of drug-likeness (QED) is 0.467. The number of hydrogen-bond donors (Lipinski definition) is 3. The second kappa shape index (κ2) is 9.83. The van der Waals surface area contributed by atoms with Gasteiger partial charge in [-0.2, -0.15) is 13.2 Å². The van der Waals surface area contributed by atoms with Gasteiger partial charge in [0.1, 0.15) is 5.82 Å². The Hall–Kier alpha value is -3.38. The number of piperazine rings is 1. The fourth-order valence-electron chi connectivity index (χ4n) is 2.78. The molecule has 0 aliphatic carbocycles. The molecule has 2 aromatic rings. The van der Waals surface area contributed by atoms with Crippen molar-refractivity contribution in [1.29, 1.82) is 0 Å². The van der Waals surface area contributed by atoms with E-state index < -0.39 is 29.8 Å². The zero-order chi connectivity index (χ0) is 23.3. The molecule has 32 heavy (non-hydrogen) atoms. The average molecular weight is 472 g/mol. The topological polar surface area (TPSA) is 113 Å². The van der Waals surface area contributed by atoms with Gasteiger partial charge in [-0.1, -0.05) is 17.7 Å². The summed E-state index contributed by atoms with van der Waals surface area (Å²) in [6, 6.07) is 5.72. The number of anilines is 2. The maximum Gasteiger partial charge on any atom is 0.491 e. The Morgan fingerprint density at radius 1 is 1.09 bits per heavy atom. The lowest BCUT2D eigenvalue weighted by molar-refractivity contribution is -0.189.